The molecule has 30 heavy (non-hydrogen) atoms. The van der Waals surface area contributed by atoms with Gasteiger partial charge in [0.1, 0.15) is 23.8 Å². The van der Waals surface area contributed by atoms with Gasteiger partial charge in [0.05, 0.1) is 6.10 Å². The van der Waals surface area contributed by atoms with E-state index in [1.54, 1.807) is 6.33 Å². The van der Waals surface area contributed by atoms with Gasteiger partial charge in [0.15, 0.2) is 0 Å². The van der Waals surface area contributed by atoms with Crippen molar-refractivity contribution in [3.63, 3.8) is 0 Å². The van der Waals surface area contributed by atoms with Crippen LogP contribution < -0.4 is 15.1 Å². The van der Waals surface area contributed by atoms with Gasteiger partial charge in [0.25, 0.3) is 0 Å². The molecule has 0 spiro atoms. The number of hydrogen-bond donors (Lipinski definition) is 2. The van der Waals surface area contributed by atoms with Gasteiger partial charge in [0, 0.05) is 44.5 Å². The molecule has 1 fully saturated rings. The van der Waals surface area contributed by atoms with E-state index in [4.69, 9.17) is 0 Å². The molecule has 1 aliphatic heterocycles. The lowest BCUT2D eigenvalue weighted by Crippen LogP contribution is -2.31. The zero-order valence-corrected chi connectivity index (χ0v) is 16.8. The fourth-order valence-corrected chi connectivity index (χ4v) is 3.67. The van der Waals surface area contributed by atoms with Crippen LogP contribution in [0.3, 0.4) is 0 Å². The topological polar surface area (TPSA) is 64.5 Å². The molecular formula is C23H26FN5O. The molecule has 0 saturated carbocycles. The molecule has 3 aromatic rings. The highest BCUT2D eigenvalue weighted by Crippen LogP contribution is 2.21. The molecule has 0 radical (unpaired) electrons. The summed E-state index contributed by atoms with van der Waals surface area (Å²) in [6.45, 7) is 3.84. The second-order valence-corrected chi connectivity index (χ2v) is 7.37. The molecule has 1 unspecified atom stereocenters. The number of rotatable bonds is 6. The minimum absolute atomic E-state index is 0.214. The summed E-state index contributed by atoms with van der Waals surface area (Å²) in [5.41, 5.74) is 1.91. The lowest BCUT2D eigenvalue weighted by Gasteiger charge is -2.24. The minimum Gasteiger partial charge on any atom is -0.387 e. The molecule has 156 valence electrons. The van der Waals surface area contributed by atoms with E-state index in [1.165, 1.54) is 12.1 Å². The number of aromatic nitrogens is 2. The van der Waals surface area contributed by atoms with Crippen LogP contribution >= 0.6 is 0 Å². The predicted octanol–water partition coefficient (Wildman–Crippen LogP) is 3.48. The van der Waals surface area contributed by atoms with Crippen molar-refractivity contribution in [1.82, 2.24) is 9.97 Å². The van der Waals surface area contributed by atoms with Crippen molar-refractivity contribution >= 4 is 17.3 Å². The van der Waals surface area contributed by atoms with E-state index < -0.39 is 6.10 Å². The van der Waals surface area contributed by atoms with E-state index in [9.17, 15) is 9.50 Å². The molecule has 1 saturated heterocycles. The van der Waals surface area contributed by atoms with E-state index in [2.05, 4.69) is 25.1 Å². The molecule has 1 aromatic heterocycles. The molecule has 1 aliphatic rings. The monoisotopic (exact) mass is 407 g/mol. The third-order valence-corrected chi connectivity index (χ3v) is 5.33. The van der Waals surface area contributed by atoms with Crippen LogP contribution in [0.4, 0.5) is 21.7 Å². The van der Waals surface area contributed by atoms with Gasteiger partial charge in [-0.25, -0.2) is 14.4 Å². The van der Waals surface area contributed by atoms with Crippen molar-refractivity contribution in [2.75, 3.05) is 47.8 Å². The van der Waals surface area contributed by atoms with Gasteiger partial charge in [-0.15, -0.1) is 0 Å². The van der Waals surface area contributed by atoms with Gasteiger partial charge in [-0.1, -0.05) is 30.3 Å². The van der Waals surface area contributed by atoms with Gasteiger partial charge in [-0.2, -0.15) is 0 Å². The van der Waals surface area contributed by atoms with E-state index >= 15 is 0 Å². The standard InChI is InChI=1S/C23H26FN5O/c24-19-7-9-20(10-8-19)28-11-4-12-29(14-13-28)23-15-22(26-17-27-23)25-16-21(30)18-5-2-1-3-6-18/h1-3,5-10,15,17,21,30H,4,11-14,16H2,(H,25,26,27). The van der Waals surface area contributed by atoms with Crippen LogP contribution in [0.2, 0.25) is 0 Å². The molecule has 0 amide bonds. The molecule has 2 aromatic carbocycles. The first kappa shape index (κ1) is 20.1. The second-order valence-electron chi connectivity index (χ2n) is 7.37. The Bertz CT molecular complexity index is 938. The number of hydrogen-bond acceptors (Lipinski definition) is 6. The number of nitrogens with one attached hydrogen (secondary N) is 1. The van der Waals surface area contributed by atoms with Crippen LogP contribution in [0.5, 0.6) is 0 Å². The van der Waals surface area contributed by atoms with Gasteiger partial charge in [0.2, 0.25) is 0 Å². The third-order valence-electron chi connectivity index (χ3n) is 5.33. The van der Waals surface area contributed by atoms with Crippen LogP contribution in [0, 0.1) is 5.82 Å². The van der Waals surface area contributed by atoms with Crippen molar-refractivity contribution in [1.29, 1.82) is 0 Å². The smallest absolute Gasteiger partial charge is 0.134 e. The van der Waals surface area contributed by atoms with Crippen molar-refractivity contribution in [2.24, 2.45) is 0 Å². The molecule has 6 nitrogen and oxygen atoms in total. The second kappa shape index (κ2) is 9.54. The Labute approximate surface area is 176 Å². The van der Waals surface area contributed by atoms with E-state index in [0.29, 0.717) is 12.4 Å². The van der Waals surface area contributed by atoms with Crippen molar-refractivity contribution in [2.45, 2.75) is 12.5 Å². The third kappa shape index (κ3) is 5.04. The largest absolute Gasteiger partial charge is 0.387 e. The van der Waals surface area contributed by atoms with Crippen LogP contribution in [-0.2, 0) is 0 Å². The molecular weight excluding hydrogens is 381 g/mol. The highest BCUT2D eigenvalue weighted by atomic mass is 19.1. The van der Waals surface area contributed by atoms with E-state index in [0.717, 1.165) is 49.7 Å². The Morgan fingerprint density at radius 3 is 2.47 bits per heavy atom. The highest BCUT2D eigenvalue weighted by Gasteiger charge is 2.17. The normalized spacial score (nSPS) is 15.5. The first-order valence-corrected chi connectivity index (χ1v) is 10.2. The van der Waals surface area contributed by atoms with Crippen molar-refractivity contribution in [3.8, 4) is 0 Å². The molecule has 2 heterocycles. The van der Waals surface area contributed by atoms with Gasteiger partial charge < -0.3 is 20.2 Å². The number of halogens is 1. The van der Waals surface area contributed by atoms with Crippen LogP contribution in [-0.4, -0.2) is 47.8 Å². The van der Waals surface area contributed by atoms with Gasteiger partial charge in [-0.3, -0.25) is 0 Å². The Kier molecular flexibility index (Phi) is 6.39. The van der Waals surface area contributed by atoms with Gasteiger partial charge >= 0.3 is 0 Å². The summed E-state index contributed by atoms with van der Waals surface area (Å²) in [5.74, 6) is 1.34. The maximum absolute atomic E-state index is 13.2. The van der Waals surface area contributed by atoms with Crippen LogP contribution in [0.15, 0.2) is 67.0 Å². The number of nitrogens with zero attached hydrogens (tertiary/aromatic N) is 4. The minimum atomic E-state index is -0.605. The highest BCUT2D eigenvalue weighted by molar-refractivity contribution is 5.51. The molecule has 4 rings (SSSR count). The Morgan fingerprint density at radius 2 is 1.67 bits per heavy atom. The summed E-state index contributed by atoms with van der Waals surface area (Å²) in [4.78, 5) is 13.2. The summed E-state index contributed by atoms with van der Waals surface area (Å²) >= 11 is 0. The fraction of sp³-hybridized carbons (Fsp3) is 0.304. The SMILES string of the molecule is OC(CNc1cc(N2CCCN(c3ccc(F)cc3)CC2)ncn1)c1ccccc1. The van der Waals surface area contributed by atoms with E-state index in [1.807, 2.05) is 48.5 Å². The average Bonchev–Trinajstić information content (AvgIpc) is 3.05. The first-order valence-electron chi connectivity index (χ1n) is 10.2. The number of aliphatic hydroxyl groups is 1. The summed E-state index contributed by atoms with van der Waals surface area (Å²) < 4.78 is 13.2. The molecule has 0 aliphatic carbocycles. The number of benzene rings is 2. The summed E-state index contributed by atoms with van der Waals surface area (Å²) in [6.07, 6.45) is 1.93. The fourth-order valence-electron chi connectivity index (χ4n) is 3.67. The maximum Gasteiger partial charge on any atom is 0.134 e. The maximum atomic E-state index is 13.2. The van der Waals surface area contributed by atoms with Crippen LogP contribution in [0.1, 0.15) is 18.1 Å². The molecule has 0 bridgehead atoms. The molecule has 2 N–H and O–H groups in total. The number of anilines is 3. The summed E-state index contributed by atoms with van der Waals surface area (Å²) in [6, 6.07) is 18.2. The van der Waals surface area contributed by atoms with Crippen molar-refractivity contribution in [3.05, 3.63) is 78.4 Å². The lowest BCUT2D eigenvalue weighted by molar-refractivity contribution is 0.191. The van der Waals surface area contributed by atoms with Crippen molar-refractivity contribution < 1.29 is 9.50 Å². The Hall–Kier alpha value is -3.19. The lowest BCUT2D eigenvalue weighted by atomic mass is 10.1. The Balaban J connectivity index is 1.37. The predicted molar refractivity (Wildman–Crippen MR) is 117 cm³/mol. The van der Waals surface area contributed by atoms with Gasteiger partial charge in [-0.05, 0) is 36.2 Å². The first-order chi connectivity index (χ1) is 14.7. The molecule has 1 atom stereocenters. The van der Waals surface area contributed by atoms with E-state index in [-0.39, 0.29) is 5.82 Å². The Morgan fingerprint density at radius 1 is 0.933 bits per heavy atom. The number of aliphatic hydroxyl groups excluding tert-OH is 1. The summed E-state index contributed by atoms with van der Waals surface area (Å²) in [7, 11) is 0. The van der Waals surface area contributed by atoms with Crippen LogP contribution in [0.25, 0.3) is 0 Å². The molecule has 7 heteroatoms. The quantitative estimate of drug-likeness (QED) is 0.652. The average molecular weight is 407 g/mol. The zero-order chi connectivity index (χ0) is 20.8. The summed E-state index contributed by atoms with van der Waals surface area (Å²) in [5, 5.41) is 13.6. The zero-order valence-electron chi connectivity index (χ0n) is 16.8.